The molecule has 0 spiro atoms. The van der Waals surface area contributed by atoms with E-state index in [0.717, 1.165) is 18.7 Å². The summed E-state index contributed by atoms with van der Waals surface area (Å²) in [7, 11) is 0. The summed E-state index contributed by atoms with van der Waals surface area (Å²) in [6, 6.07) is 5.77. The minimum Gasteiger partial charge on any atom is -0.408 e. The van der Waals surface area contributed by atoms with Gasteiger partial charge in [-0.05, 0) is 17.7 Å². The van der Waals surface area contributed by atoms with Crippen molar-refractivity contribution in [2.75, 3.05) is 13.2 Å². The summed E-state index contributed by atoms with van der Waals surface area (Å²) in [5.74, 6) is -0.405. The number of ether oxygens (including phenoxy) is 1. The Balaban J connectivity index is 2.17. The van der Waals surface area contributed by atoms with Gasteiger partial charge in [0.2, 0.25) is 0 Å². The summed E-state index contributed by atoms with van der Waals surface area (Å²) in [6.07, 6.45) is 0. The Kier molecular flexibility index (Phi) is 1.59. The number of nitrogens with one attached hydrogen (secondary N) is 1. The zero-order chi connectivity index (χ0) is 10.5. The van der Waals surface area contributed by atoms with Crippen molar-refractivity contribution in [3.8, 4) is 0 Å². The van der Waals surface area contributed by atoms with Crippen LogP contribution >= 0.6 is 0 Å². The van der Waals surface area contributed by atoms with E-state index in [0.29, 0.717) is 5.58 Å². The lowest BCUT2D eigenvalue weighted by Gasteiger charge is -2.38. The van der Waals surface area contributed by atoms with Crippen molar-refractivity contribution in [1.29, 1.82) is 0 Å². The number of rotatable bonds is 1. The molecule has 0 bridgehead atoms. The molecule has 1 aromatic heterocycles. The van der Waals surface area contributed by atoms with Crippen molar-refractivity contribution in [2.45, 2.75) is 12.3 Å². The minimum atomic E-state index is -0.405. The van der Waals surface area contributed by atoms with Crippen LogP contribution in [0.2, 0.25) is 0 Å². The highest BCUT2D eigenvalue weighted by Gasteiger charge is 2.35. The maximum Gasteiger partial charge on any atom is 0.417 e. The van der Waals surface area contributed by atoms with Gasteiger partial charge >= 0.3 is 5.76 Å². The van der Waals surface area contributed by atoms with Crippen LogP contribution in [0.25, 0.3) is 11.1 Å². The Morgan fingerprint density at radius 1 is 1.40 bits per heavy atom. The fourth-order valence-corrected chi connectivity index (χ4v) is 1.90. The van der Waals surface area contributed by atoms with Gasteiger partial charge in [-0.1, -0.05) is 13.0 Å². The van der Waals surface area contributed by atoms with Gasteiger partial charge in [-0.15, -0.1) is 0 Å². The molecule has 1 fully saturated rings. The number of oxazole rings is 1. The van der Waals surface area contributed by atoms with Gasteiger partial charge < -0.3 is 9.15 Å². The quantitative estimate of drug-likeness (QED) is 0.765. The highest BCUT2D eigenvalue weighted by molar-refractivity contribution is 5.73. The molecule has 0 radical (unpaired) electrons. The SMILES string of the molecule is CC1(c2ccc3oc(=O)[nH]c3c2)COC1. The zero-order valence-electron chi connectivity index (χ0n) is 8.37. The summed E-state index contributed by atoms with van der Waals surface area (Å²) >= 11 is 0. The first kappa shape index (κ1) is 8.73. The number of aromatic nitrogens is 1. The number of aromatic amines is 1. The van der Waals surface area contributed by atoms with Gasteiger partial charge in [0.05, 0.1) is 18.7 Å². The predicted molar refractivity (Wildman–Crippen MR) is 55.0 cm³/mol. The molecule has 0 aliphatic carbocycles. The van der Waals surface area contributed by atoms with Crippen LogP contribution in [-0.2, 0) is 10.2 Å². The maximum atomic E-state index is 11.0. The Hall–Kier alpha value is -1.55. The van der Waals surface area contributed by atoms with Crippen LogP contribution in [0.3, 0.4) is 0 Å². The van der Waals surface area contributed by atoms with E-state index in [1.54, 1.807) is 0 Å². The Morgan fingerprint density at radius 3 is 2.87 bits per heavy atom. The molecular weight excluding hydrogens is 194 g/mol. The smallest absolute Gasteiger partial charge is 0.408 e. The monoisotopic (exact) mass is 205 g/mol. The van der Waals surface area contributed by atoms with Crippen LogP contribution in [0.4, 0.5) is 0 Å². The second-order valence-electron chi connectivity index (χ2n) is 4.28. The molecule has 4 heteroatoms. The third kappa shape index (κ3) is 1.22. The van der Waals surface area contributed by atoms with Crippen molar-refractivity contribution in [2.24, 2.45) is 0 Å². The molecule has 2 aromatic rings. The Morgan fingerprint density at radius 2 is 2.20 bits per heavy atom. The van der Waals surface area contributed by atoms with Crippen molar-refractivity contribution in [3.05, 3.63) is 34.3 Å². The second-order valence-corrected chi connectivity index (χ2v) is 4.28. The molecule has 0 saturated carbocycles. The lowest BCUT2D eigenvalue weighted by molar-refractivity contribution is -0.0499. The molecule has 2 heterocycles. The first-order valence-electron chi connectivity index (χ1n) is 4.88. The van der Waals surface area contributed by atoms with E-state index in [1.165, 1.54) is 5.56 Å². The number of benzene rings is 1. The van der Waals surface area contributed by atoms with E-state index in [9.17, 15) is 4.79 Å². The van der Waals surface area contributed by atoms with E-state index >= 15 is 0 Å². The molecular formula is C11H11NO3. The highest BCUT2D eigenvalue weighted by Crippen LogP contribution is 2.32. The average Bonchev–Trinajstić information content (AvgIpc) is 2.53. The molecule has 1 aromatic carbocycles. The summed E-state index contributed by atoms with van der Waals surface area (Å²) in [5.41, 5.74) is 2.62. The van der Waals surface area contributed by atoms with E-state index in [4.69, 9.17) is 9.15 Å². The Labute approximate surface area is 85.9 Å². The van der Waals surface area contributed by atoms with E-state index in [1.807, 2.05) is 18.2 Å². The molecule has 4 nitrogen and oxygen atoms in total. The van der Waals surface area contributed by atoms with Crippen LogP contribution in [-0.4, -0.2) is 18.2 Å². The summed E-state index contributed by atoms with van der Waals surface area (Å²) in [6.45, 7) is 3.62. The molecule has 3 rings (SSSR count). The van der Waals surface area contributed by atoms with Crippen molar-refractivity contribution in [3.63, 3.8) is 0 Å². The van der Waals surface area contributed by atoms with Crippen LogP contribution in [0, 0.1) is 0 Å². The lowest BCUT2D eigenvalue weighted by Crippen LogP contribution is -2.43. The molecule has 0 atom stereocenters. The van der Waals surface area contributed by atoms with Gasteiger partial charge in [-0.25, -0.2) is 4.79 Å². The fourth-order valence-electron chi connectivity index (χ4n) is 1.90. The fraction of sp³-hybridized carbons (Fsp3) is 0.364. The first-order chi connectivity index (χ1) is 7.17. The number of fused-ring (bicyclic) bond motifs is 1. The van der Waals surface area contributed by atoms with E-state index in [2.05, 4.69) is 11.9 Å². The van der Waals surface area contributed by atoms with Gasteiger partial charge in [0.1, 0.15) is 0 Å². The average molecular weight is 205 g/mol. The molecule has 0 unspecified atom stereocenters. The van der Waals surface area contributed by atoms with Crippen molar-refractivity contribution in [1.82, 2.24) is 4.98 Å². The normalized spacial score (nSPS) is 19.0. The van der Waals surface area contributed by atoms with Crippen LogP contribution in [0.1, 0.15) is 12.5 Å². The topological polar surface area (TPSA) is 55.2 Å². The van der Waals surface area contributed by atoms with Crippen molar-refractivity contribution < 1.29 is 9.15 Å². The molecule has 78 valence electrons. The third-order valence-electron chi connectivity index (χ3n) is 2.96. The van der Waals surface area contributed by atoms with Gasteiger partial charge in [0.15, 0.2) is 5.58 Å². The van der Waals surface area contributed by atoms with Crippen LogP contribution in [0.15, 0.2) is 27.4 Å². The largest absolute Gasteiger partial charge is 0.417 e. The summed E-state index contributed by atoms with van der Waals surface area (Å²) in [4.78, 5) is 13.6. The number of hydrogen-bond acceptors (Lipinski definition) is 3. The molecule has 1 aliphatic heterocycles. The minimum absolute atomic E-state index is 0.0857. The first-order valence-corrected chi connectivity index (χ1v) is 4.88. The molecule has 0 amide bonds. The van der Waals surface area contributed by atoms with E-state index < -0.39 is 5.76 Å². The van der Waals surface area contributed by atoms with Gasteiger partial charge in [0, 0.05) is 5.41 Å². The molecule has 15 heavy (non-hydrogen) atoms. The van der Waals surface area contributed by atoms with Crippen LogP contribution in [0.5, 0.6) is 0 Å². The van der Waals surface area contributed by atoms with Crippen LogP contribution < -0.4 is 5.76 Å². The molecule has 1 saturated heterocycles. The second kappa shape index (κ2) is 2.73. The zero-order valence-corrected chi connectivity index (χ0v) is 8.37. The third-order valence-corrected chi connectivity index (χ3v) is 2.96. The number of H-pyrrole nitrogens is 1. The van der Waals surface area contributed by atoms with Gasteiger partial charge in [0.25, 0.3) is 0 Å². The standard InChI is InChI=1S/C11H11NO3/c1-11(5-14-6-11)7-2-3-9-8(4-7)12-10(13)15-9/h2-4H,5-6H2,1H3,(H,12,13). The van der Waals surface area contributed by atoms with Crippen molar-refractivity contribution >= 4 is 11.1 Å². The van der Waals surface area contributed by atoms with E-state index in [-0.39, 0.29) is 5.41 Å². The predicted octanol–water partition coefficient (Wildman–Crippen LogP) is 1.41. The van der Waals surface area contributed by atoms with Gasteiger partial charge in [-0.2, -0.15) is 0 Å². The Bertz CT molecular complexity index is 562. The number of hydrogen-bond donors (Lipinski definition) is 1. The summed E-state index contributed by atoms with van der Waals surface area (Å²) in [5, 5.41) is 0. The molecule has 1 aliphatic rings. The van der Waals surface area contributed by atoms with Gasteiger partial charge in [-0.3, -0.25) is 4.98 Å². The lowest BCUT2D eigenvalue weighted by atomic mass is 9.81. The molecule has 1 N–H and O–H groups in total. The maximum absolute atomic E-state index is 11.0. The summed E-state index contributed by atoms with van der Waals surface area (Å²) < 4.78 is 10.2. The highest BCUT2D eigenvalue weighted by atomic mass is 16.5.